The lowest BCUT2D eigenvalue weighted by molar-refractivity contribution is 0.531. The summed E-state index contributed by atoms with van der Waals surface area (Å²) in [4.78, 5) is 0. The Hall–Kier alpha value is 1.64. The van der Waals surface area contributed by atoms with Crippen LogP contribution in [-0.2, 0) is 133 Å². The Bertz CT molecular complexity index is 2640. The van der Waals surface area contributed by atoms with Crippen LogP contribution in [-0.4, -0.2) is 262 Å². The first kappa shape index (κ1) is 70.6. The Balaban J connectivity index is 6.06. The topological polar surface area (TPSA) is 489 Å². The third kappa shape index (κ3) is 19.0. The number of hydrogen-bond acceptors (Lipinski definition) is 30. The molecule has 0 radical (unpaired) electrons. The lowest BCUT2D eigenvalue weighted by Gasteiger charge is -2.21. The smallest absolute Gasteiger partial charge is 0.381 e. The van der Waals surface area contributed by atoms with Gasteiger partial charge in [0.2, 0.25) is 26.4 Å². The van der Waals surface area contributed by atoms with Crippen LogP contribution in [0.15, 0.2) is 0 Å². The molecular formula is C6H26O30Si33. The predicted molar refractivity (Wildman–Crippen MR) is 258 cm³/mol. The fourth-order valence-corrected chi connectivity index (χ4v) is 387. The second-order valence-corrected chi connectivity index (χ2v) is 171. The van der Waals surface area contributed by atoms with Crippen LogP contribution in [0.3, 0.4) is 0 Å². The Kier molecular flexibility index (Phi) is 32.5. The maximum atomic E-state index is 13.4. The maximum Gasteiger partial charge on any atom is 0.381 e. The second kappa shape index (κ2) is 31.8. The molecule has 0 saturated heterocycles. The van der Waals surface area contributed by atoms with Gasteiger partial charge in [-0.05, 0) is 39.3 Å². The lowest BCUT2D eigenvalue weighted by Crippen LogP contribution is -2.72. The van der Waals surface area contributed by atoms with Gasteiger partial charge < -0.3 is 133 Å². The molecule has 0 rings (SSSR count). The first-order valence-corrected chi connectivity index (χ1v) is 98.8. The van der Waals surface area contributed by atoms with Crippen LogP contribution < -0.4 is 0 Å². The van der Waals surface area contributed by atoms with Gasteiger partial charge in [-0.2, -0.15) is 0 Å². The maximum absolute atomic E-state index is 13.4. The van der Waals surface area contributed by atoms with Crippen molar-refractivity contribution in [3.63, 3.8) is 0 Å². The average molecular weight is 1510 g/mol. The molecule has 0 aliphatic carbocycles. The van der Waals surface area contributed by atoms with Crippen LogP contribution in [0.5, 0.6) is 0 Å². The molecule has 0 unspecified atom stereocenters. The van der Waals surface area contributed by atoms with E-state index in [2.05, 4.69) is 0 Å². The van der Waals surface area contributed by atoms with Gasteiger partial charge in [0, 0.05) is 0 Å². The highest BCUT2D eigenvalue weighted by atomic mass is 30.2. The standard InChI is InChI=1S/C6H26O30Si33/c1-41(2)34-39-44(10)66(32)69(45(11)37-7,46(12)38-8)35-40-43(9)47(13)48(14)49(15)50(16)51(17)52(18)53(19)54(20)55(21)56(22)57(23)58(24)59(25)60(26)61(27)62(28)63(29)64(30)65(31)67(33)68(5,6)36-42(3)4/h37-38,41-42H,39-40H2,1-6H3. The Morgan fingerprint density at radius 2 is 0.609 bits per heavy atom. The van der Waals surface area contributed by atoms with E-state index in [1.54, 1.807) is 26.2 Å². The summed E-state index contributed by atoms with van der Waals surface area (Å²) in [5.41, 5.74) is 0. The summed E-state index contributed by atoms with van der Waals surface area (Å²) in [5, 5.41) is 0. The summed E-state index contributed by atoms with van der Waals surface area (Å²) in [7, 11) is -124. The van der Waals surface area contributed by atoms with Crippen molar-refractivity contribution in [1.29, 1.82) is 0 Å². The molecular weight excluding hydrogens is 1480 g/mol. The Morgan fingerprint density at radius 3 is 0.855 bits per heavy atom. The average Bonchev–Trinajstić information content (AvgIpc) is 3.31. The predicted octanol–water partition coefficient (Wildman–Crippen LogP) is -14.6. The van der Waals surface area contributed by atoms with E-state index in [4.69, 9.17) is 12.3 Å². The van der Waals surface area contributed by atoms with E-state index < -0.39 is 262 Å². The van der Waals surface area contributed by atoms with Crippen molar-refractivity contribution in [3.05, 3.63) is 0 Å². The van der Waals surface area contributed by atoms with Crippen LogP contribution >= 0.6 is 0 Å². The third-order valence-corrected chi connectivity index (χ3v) is 263. The first-order valence-electron chi connectivity index (χ1n) is 17.9. The Labute approximate surface area is 429 Å². The van der Waals surface area contributed by atoms with E-state index in [1.807, 2.05) is 0 Å². The minimum Gasteiger partial charge on any atom is -0.460 e. The van der Waals surface area contributed by atoms with Gasteiger partial charge >= 0.3 is 218 Å². The highest BCUT2D eigenvalue weighted by Crippen LogP contribution is 2.08. The fourth-order valence-electron chi connectivity index (χ4n) is 4.36. The van der Waals surface area contributed by atoms with Crippen molar-refractivity contribution < 1.29 is 133 Å². The molecule has 0 aromatic carbocycles. The number of rotatable bonds is 35. The van der Waals surface area contributed by atoms with Gasteiger partial charge in [0.05, 0.1) is 0 Å². The quantitative estimate of drug-likeness (QED) is 0.0532. The molecule has 0 N–H and O–H groups in total. The van der Waals surface area contributed by atoms with Crippen LogP contribution in [0.4, 0.5) is 0 Å². The second-order valence-electron chi connectivity index (χ2n) is 13.7. The molecule has 0 amide bonds. The van der Waals surface area contributed by atoms with E-state index in [0.29, 0.717) is 0 Å². The molecule has 0 heterocycles. The normalized spacial score (nSPS) is 11.2. The summed E-state index contributed by atoms with van der Waals surface area (Å²) >= 11 is 0. The van der Waals surface area contributed by atoms with E-state index in [9.17, 15) is 120 Å². The van der Waals surface area contributed by atoms with Gasteiger partial charge in [0.15, 0.2) is 18.1 Å². The highest BCUT2D eigenvalue weighted by molar-refractivity contribution is 7.90. The zero-order valence-electron chi connectivity index (χ0n) is 35.5. The van der Waals surface area contributed by atoms with Gasteiger partial charge in [0.1, 0.15) is 0 Å². The van der Waals surface area contributed by atoms with Crippen LogP contribution in [0.25, 0.3) is 0 Å². The van der Waals surface area contributed by atoms with E-state index in [-0.39, 0.29) is 0 Å². The largest absolute Gasteiger partial charge is 0.460 e. The van der Waals surface area contributed by atoms with Gasteiger partial charge in [-0.25, -0.2) is 0 Å². The molecule has 0 aromatic rings. The molecule has 69 heavy (non-hydrogen) atoms. The Morgan fingerprint density at radius 1 is 0.348 bits per heavy atom. The molecule has 0 aliphatic heterocycles. The molecule has 0 bridgehead atoms. The lowest BCUT2D eigenvalue weighted by atomic mass is 11.9. The molecule has 0 fully saturated rings. The van der Waals surface area contributed by atoms with Crippen molar-refractivity contribution >= 4 is 262 Å². The molecule has 0 saturated carbocycles. The minimum absolute atomic E-state index is 1.37. The van der Waals surface area contributed by atoms with Crippen molar-refractivity contribution in [2.45, 2.75) is 39.3 Å². The molecule has 0 atom stereocenters. The zero-order chi connectivity index (χ0) is 54.5. The number of hydrogen-bond donors (Lipinski definition) is 0. The highest BCUT2D eigenvalue weighted by Gasteiger charge is 2.64. The van der Waals surface area contributed by atoms with E-state index in [1.165, 1.54) is 13.1 Å². The van der Waals surface area contributed by atoms with Gasteiger partial charge in [-0.15, -0.1) is 0 Å². The third-order valence-electron chi connectivity index (χ3n) is 7.70. The van der Waals surface area contributed by atoms with Gasteiger partial charge in [-0.3, -0.25) is 0 Å². The summed E-state index contributed by atoms with van der Waals surface area (Å²) in [6, 6.07) is 0. The van der Waals surface area contributed by atoms with E-state index >= 15 is 0 Å². The van der Waals surface area contributed by atoms with Crippen LogP contribution in [0, 0.1) is 0 Å². The minimum atomic E-state index is -5.02. The van der Waals surface area contributed by atoms with Crippen molar-refractivity contribution in [2.75, 3.05) is 0 Å². The molecule has 0 aliphatic rings. The zero-order valence-corrected chi connectivity index (χ0v) is 69.9. The van der Waals surface area contributed by atoms with Crippen molar-refractivity contribution in [2.24, 2.45) is 0 Å². The molecule has 0 spiro atoms. The summed E-state index contributed by atoms with van der Waals surface area (Å²) in [6.45, 7) is 4.36. The molecule has 30 nitrogen and oxygen atoms in total. The molecule has 63 heteroatoms. The SMILES string of the molecule is C[SiH](C)O[SiH2][Si](=O)[Si](=O)[Si](O[SiH2][Si](=O)[Si](=O)[Si](=O)[Si](=O)[Si](=O)[Si](=O)[Si](=O)[Si](=O)[Si](=O)[Si](=O)[Si](=O)[Si](=O)[Si](=O)[Si](=O)[Si](=O)[Si](=O)[Si](=O)[Si](=O)[Si](=O)[Si](=O)[Si](=O)[Si](C)(C)O[SiH](C)C)([Si](=O)[SiH]=O)[Si](=O)[SiH]=O. The van der Waals surface area contributed by atoms with Crippen molar-refractivity contribution in [1.82, 2.24) is 0 Å². The summed E-state index contributed by atoms with van der Waals surface area (Å²) < 4.78 is 361. The van der Waals surface area contributed by atoms with Gasteiger partial charge in [0.25, 0.3) is 0 Å². The molecule has 362 valence electrons. The van der Waals surface area contributed by atoms with Gasteiger partial charge in [-0.1, -0.05) is 0 Å². The van der Waals surface area contributed by atoms with Crippen LogP contribution in [0.2, 0.25) is 39.3 Å². The van der Waals surface area contributed by atoms with Crippen molar-refractivity contribution in [3.8, 4) is 0 Å². The first-order chi connectivity index (χ1) is 31.5. The summed E-state index contributed by atoms with van der Waals surface area (Å²) in [6.07, 6.45) is 0. The van der Waals surface area contributed by atoms with E-state index in [0.717, 1.165) is 0 Å². The monoisotopic (exact) mass is 1500 g/mol. The summed E-state index contributed by atoms with van der Waals surface area (Å²) in [5.74, 6) is 0. The fraction of sp³-hybridized carbons (Fsp3) is 1.00. The molecule has 0 aromatic heterocycles. The van der Waals surface area contributed by atoms with Crippen LogP contribution in [0.1, 0.15) is 0 Å².